The monoisotopic (exact) mass is 1090 g/mol. The predicted octanol–water partition coefficient (Wildman–Crippen LogP) is 22.5. The number of carbonyl (C=O) groups excluding carboxylic acids is 3. The van der Waals surface area contributed by atoms with Gasteiger partial charge in [-0.15, -0.1) is 0 Å². The van der Waals surface area contributed by atoms with Gasteiger partial charge in [-0.3, -0.25) is 14.4 Å². The zero-order valence-corrected chi connectivity index (χ0v) is 51.3. The number of ether oxygens (including phenoxy) is 3. The average Bonchev–Trinajstić information content (AvgIpc) is 3.45. The van der Waals surface area contributed by atoms with Gasteiger partial charge in [0.25, 0.3) is 0 Å². The summed E-state index contributed by atoms with van der Waals surface area (Å²) < 4.78 is 16.8. The Balaban J connectivity index is 4.05. The highest BCUT2D eigenvalue weighted by atomic mass is 16.6. The number of esters is 3. The molecular formula is C73H120O6. The number of unbranched alkanes of at least 4 members (excludes halogenated alkanes) is 25. The Bertz CT molecular complexity index is 1680. The summed E-state index contributed by atoms with van der Waals surface area (Å²) in [5.74, 6) is -0.901. The van der Waals surface area contributed by atoms with E-state index in [0.717, 1.165) is 135 Å². The number of hydrogen-bond donors (Lipinski definition) is 0. The molecule has 0 aromatic carbocycles. The molecule has 0 amide bonds. The van der Waals surface area contributed by atoms with Crippen LogP contribution in [0.4, 0.5) is 0 Å². The summed E-state index contributed by atoms with van der Waals surface area (Å²) >= 11 is 0. The summed E-state index contributed by atoms with van der Waals surface area (Å²) in [6.45, 7) is 6.33. The number of carbonyl (C=O) groups is 3. The Morgan fingerprint density at radius 2 is 0.494 bits per heavy atom. The van der Waals surface area contributed by atoms with Crippen molar-refractivity contribution in [2.24, 2.45) is 0 Å². The molecule has 79 heavy (non-hydrogen) atoms. The van der Waals surface area contributed by atoms with Gasteiger partial charge in [-0.1, -0.05) is 289 Å². The molecule has 0 aromatic heterocycles. The Morgan fingerprint density at radius 3 is 0.772 bits per heavy atom. The summed E-state index contributed by atoms with van der Waals surface area (Å²) in [5.41, 5.74) is 0. The second-order valence-corrected chi connectivity index (χ2v) is 21.3. The van der Waals surface area contributed by atoms with Gasteiger partial charge in [0.15, 0.2) is 6.10 Å². The lowest BCUT2D eigenvalue weighted by Crippen LogP contribution is -2.30. The summed E-state index contributed by atoms with van der Waals surface area (Å²) in [5, 5.41) is 0. The van der Waals surface area contributed by atoms with E-state index in [1.807, 2.05) is 0 Å². The average molecular weight is 1090 g/mol. The van der Waals surface area contributed by atoms with Crippen LogP contribution in [0.1, 0.15) is 290 Å². The van der Waals surface area contributed by atoms with Gasteiger partial charge >= 0.3 is 17.9 Å². The molecule has 0 radical (unpaired) electrons. The largest absolute Gasteiger partial charge is 0.462 e. The molecule has 6 heteroatoms. The van der Waals surface area contributed by atoms with Crippen LogP contribution < -0.4 is 0 Å². The van der Waals surface area contributed by atoms with Crippen molar-refractivity contribution < 1.29 is 28.6 Å². The standard InChI is InChI=1S/C73H120O6/c1-4-7-10-13-15-17-19-21-23-25-27-29-31-32-33-34-35-36-37-38-39-40-42-43-45-47-49-51-53-55-57-60-63-66-72(75)78-69-70(68-77-71(74)65-62-59-12-9-6-3)79-73(76)67-64-61-58-56-54-52-50-48-46-44-41-30-28-26-24-22-20-18-16-14-11-8-5-2/h7-8,10-11,15-18,21-24,27-30,32-33,35-36,38-39,70H,4-6,9,12-14,19-20,25-26,31,34,37,40-69H2,1-3H3/b10-7-,11-8-,17-15-,18-16-,23-21-,24-22-,29-27-,30-28-,33-32-,36-35-,39-38-. The fraction of sp³-hybridized carbons (Fsp3) is 0.658. The lowest BCUT2D eigenvalue weighted by molar-refractivity contribution is -0.167. The molecule has 1 unspecified atom stereocenters. The van der Waals surface area contributed by atoms with E-state index in [2.05, 4.69) is 154 Å². The lowest BCUT2D eigenvalue weighted by Gasteiger charge is -2.18. The molecule has 1 atom stereocenters. The van der Waals surface area contributed by atoms with Crippen LogP contribution in [0.2, 0.25) is 0 Å². The molecule has 0 N–H and O–H groups in total. The first-order valence-corrected chi connectivity index (χ1v) is 32.7. The normalized spacial score (nSPS) is 13.0. The molecule has 0 aliphatic rings. The van der Waals surface area contributed by atoms with Gasteiger partial charge in [-0.05, 0) is 116 Å². The van der Waals surface area contributed by atoms with Crippen molar-refractivity contribution in [3.8, 4) is 0 Å². The second-order valence-electron chi connectivity index (χ2n) is 21.3. The van der Waals surface area contributed by atoms with Crippen molar-refractivity contribution in [1.29, 1.82) is 0 Å². The minimum Gasteiger partial charge on any atom is -0.462 e. The van der Waals surface area contributed by atoms with Gasteiger partial charge in [-0.25, -0.2) is 0 Å². The number of allylic oxidation sites excluding steroid dienone is 22. The highest BCUT2D eigenvalue weighted by Crippen LogP contribution is 2.16. The van der Waals surface area contributed by atoms with Gasteiger partial charge in [-0.2, -0.15) is 0 Å². The van der Waals surface area contributed by atoms with Gasteiger partial charge < -0.3 is 14.2 Å². The Hall–Kier alpha value is -4.45. The van der Waals surface area contributed by atoms with E-state index in [4.69, 9.17) is 14.2 Å². The molecule has 0 spiro atoms. The molecule has 448 valence electrons. The van der Waals surface area contributed by atoms with Crippen molar-refractivity contribution in [3.05, 3.63) is 134 Å². The molecule has 0 aliphatic heterocycles. The maximum atomic E-state index is 12.8. The third kappa shape index (κ3) is 64.3. The van der Waals surface area contributed by atoms with Gasteiger partial charge in [0.2, 0.25) is 0 Å². The molecule has 0 aliphatic carbocycles. The van der Waals surface area contributed by atoms with Crippen LogP contribution in [-0.2, 0) is 28.6 Å². The van der Waals surface area contributed by atoms with E-state index >= 15 is 0 Å². The fourth-order valence-electron chi connectivity index (χ4n) is 8.83. The molecule has 0 rings (SSSR count). The molecule has 0 saturated heterocycles. The molecule has 0 aromatic rings. The first-order valence-electron chi connectivity index (χ1n) is 32.7. The quantitative estimate of drug-likeness (QED) is 0.0261. The van der Waals surface area contributed by atoms with Crippen molar-refractivity contribution in [2.45, 2.75) is 297 Å². The Kier molecular flexibility index (Phi) is 62.3. The van der Waals surface area contributed by atoms with Crippen LogP contribution in [0.3, 0.4) is 0 Å². The lowest BCUT2D eigenvalue weighted by atomic mass is 10.0. The molecule has 0 fully saturated rings. The fourth-order valence-corrected chi connectivity index (χ4v) is 8.83. The highest BCUT2D eigenvalue weighted by Gasteiger charge is 2.19. The minimum absolute atomic E-state index is 0.0824. The summed E-state index contributed by atoms with van der Waals surface area (Å²) in [6.07, 6.45) is 93.7. The Morgan fingerprint density at radius 1 is 0.266 bits per heavy atom. The zero-order valence-electron chi connectivity index (χ0n) is 51.3. The van der Waals surface area contributed by atoms with E-state index < -0.39 is 6.10 Å². The van der Waals surface area contributed by atoms with Crippen LogP contribution in [0, 0.1) is 0 Å². The van der Waals surface area contributed by atoms with Crippen LogP contribution in [0.5, 0.6) is 0 Å². The molecular weight excluding hydrogens is 973 g/mol. The third-order valence-electron chi connectivity index (χ3n) is 13.7. The van der Waals surface area contributed by atoms with Crippen molar-refractivity contribution in [1.82, 2.24) is 0 Å². The third-order valence-corrected chi connectivity index (χ3v) is 13.7. The topological polar surface area (TPSA) is 78.9 Å². The second kappa shape index (κ2) is 66.1. The number of rotatable bonds is 58. The van der Waals surface area contributed by atoms with E-state index in [9.17, 15) is 14.4 Å². The predicted molar refractivity (Wildman–Crippen MR) is 343 cm³/mol. The van der Waals surface area contributed by atoms with E-state index in [1.54, 1.807) is 0 Å². The van der Waals surface area contributed by atoms with Gasteiger partial charge in [0, 0.05) is 19.3 Å². The maximum Gasteiger partial charge on any atom is 0.306 e. The highest BCUT2D eigenvalue weighted by molar-refractivity contribution is 5.71. The minimum atomic E-state index is -0.782. The molecule has 0 bridgehead atoms. The molecule has 6 nitrogen and oxygen atoms in total. The van der Waals surface area contributed by atoms with E-state index in [-0.39, 0.29) is 31.1 Å². The smallest absolute Gasteiger partial charge is 0.306 e. The number of hydrogen-bond acceptors (Lipinski definition) is 6. The summed E-state index contributed by atoms with van der Waals surface area (Å²) in [6, 6.07) is 0. The molecule has 0 saturated carbocycles. The zero-order chi connectivity index (χ0) is 57.1. The summed E-state index contributed by atoms with van der Waals surface area (Å²) in [4.78, 5) is 38.0. The van der Waals surface area contributed by atoms with Crippen molar-refractivity contribution in [3.63, 3.8) is 0 Å². The van der Waals surface area contributed by atoms with Crippen molar-refractivity contribution in [2.75, 3.05) is 13.2 Å². The van der Waals surface area contributed by atoms with Gasteiger partial charge in [0.1, 0.15) is 13.2 Å². The Labute approximate surface area is 487 Å². The van der Waals surface area contributed by atoms with E-state index in [0.29, 0.717) is 19.3 Å². The molecule has 0 heterocycles. The van der Waals surface area contributed by atoms with Gasteiger partial charge in [0.05, 0.1) is 0 Å². The van der Waals surface area contributed by atoms with Crippen LogP contribution in [0.15, 0.2) is 134 Å². The SMILES string of the molecule is CC/C=C\C/C=C\C/C=C\C/C=C\C/C=C\C/C=C\C/C=C\CCCCCCCCCCCCCC(=O)OCC(COC(=O)CCCCCCC)OC(=O)CCCCCCCCCCCC/C=C\C/C=C\C/C=C\C/C=C\CC. The maximum absolute atomic E-state index is 12.8. The van der Waals surface area contributed by atoms with Crippen LogP contribution >= 0.6 is 0 Å². The van der Waals surface area contributed by atoms with E-state index in [1.165, 1.54) is 116 Å². The first-order chi connectivity index (χ1) is 39.0. The van der Waals surface area contributed by atoms with Crippen LogP contribution in [-0.4, -0.2) is 37.2 Å². The first kappa shape index (κ1) is 74.5. The summed E-state index contributed by atoms with van der Waals surface area (Å²) in [7, 11) is 0. The van der Waals surface area contributed by atoms with Crippen molar-refractivity contribution >= 4 is 17.9 Å². The van der Waals surface area contributed by atoms with Crippen LogP contribution in [0.25, 0.3) is 0 Å².